The number of nitro benzene ring substituents is 1. The van der Waals surface area contributed by atoms with Crippen LogP contribution in [0.4, 0.5) is 5.69 Å². The maximum absolute atomic E-state index is 11.0. The second kappa shape index (κ2) is 7.46. The molecule has 1 fully saturated rings. The molecule has 1 aromatic carbocycles. The van der Waals surface area contributed by atoms with Gasteiger partial charge in [-0.1, -0.05) is 6.07 Å². The first kappa shape index (κ1) is 17.6. The molecule has 27 heavy (non-hydrogen) atoms. The zero-order valence-electron chi connectivity index (χ0n) is 15.4. The van der Waals surface area contributed by atoms with E-state index in [1.54, 1.807) is 24.3 Å². The number of nitrogens with one attached hydrogen (secondary N) is 1. The average molecular weight is 365 g/mol. The van der Waals surface area contributed by atoms with Gasteiger partial charge in [0.1, 0.15) is 5.65 Å². The highest BCUT2D eigenvalue weighted by Crippen LogP contribution is 2.28. The largest absolute Gasteiger partial charge is 0.315 e. The molecule has 0 atom stereocenters. The van der Waals surface area contributed by atoms with Gasteiger partial charge in [0.15, 0.2) is 0 Å². The topological polar surface area (TPSA) is 75.7 Å². The molecular weight excluding hydrogens is 342 g/mol. The SMILES string of the molecule is Cc1ccc2nc(-c3ccc([N+](=O)[O-])cc3)c(CN3CCCNCC3)n2c1. The third kappa shape index (κ3) is 3.70. The molecule has 0 radical (unpaired) electrons. The van der Waals surface area contributed by atoms with Gasteiger partial charge in [-0.05, 0) is 50.2 Å². The molecule has 2 aromatic heterocycles. The first-order valence-electron chi connectivity index (χ1n) is 9.27. The lowest BCUT2D eigenvalue weighted by atomic mass is 10.1. The summed E-state index contributed by atoms with van der Waals surface area (Å²) >= 11 is 0. The van der Waals surface area contributed by atoms with E-state index in [0.29, 0.717) is 0 Å². The molecule has 1 N–H and O–H groups in total. The average Bonchev–Trinajstić information content (AvgIpc) is 2.83. The zero-order valence-corrected chi connectivity index (χ0v) is 15.4. The van der Waals surface area contributed by atoms with Crippen molar-refractivity contribution in [1.29, 1.82) is 0 Å². The maximum atomic E-state index is 11.0. The number of non-ortho nitro benzene ring substituents is 1. The minimum absolute atomic E-state index is 0.0958. The molecule has 1 saturated heterocycles. The highest BCUT2D eigenvalue weighted by molar-refractivity contribution is 5.67. The molecule has 1 aliphatic heterocycles. The Morgan fingerprint density at radius 3 is 2.74 bits per heavy atom. The Morgan fingerprint density at radius 1 is 1.15 bits per heavy atom. The van der Waals surface area contributed by atoms with Crippen LogP contribution in [0.2, 0.25) is 0 Å². The van der Waals surface area contributed by atoms with Gasteiger partial charge in [0.25, 0.3) is 5.69 Å². The Hall–Kier alpha value is -2.77. The summed E-state index contributed by atoms with van der Waals surface area (Å²) in [6.45, 7) is 6.97. The van der Waals surface area contributed by atoms with E-state index < -0.39 is 0 Å². The third-order valence-electron chi connectivity index (χ3n) is 5.02. The number of aromatic nitrogens is 2. The van der Waals surface area contributed by atoms with Crippen molar-refractivity contribution in [3.05, 3.63) is 64.0 Å². The third-order valence-corrected chi connectivity index (χ3v) is 5.02. The Morgan fingerprint density at radius 2 is 1.96 bits per heavy atom. The second-order valence-electron chi connectivity index (χ2n) is 7.03. The van der Waals surface area contributed by atoms with Crippen LogP contribution in [-0.4, -0.2) is 45.4 Å². The van der Waals surface area contributed by atoms with Gasteiger partial charge in [-0.15, -0.1) is 0 Å². The number of fused-ring (bicyclic) bond motifs is 1. The van der Waals surface area contributed by atoms with Gasteiger partial charge in [-0.25, -0.2) is 4.98 Å². The summed E-state index contributed by atoms with van der Waals surface area (Å²) in [5.41, 5.74) is 5.10. The fourth-order valence-electron chi connectivity index (χ4n) is 3.59. The number of nitro groups is 1. The van der Waals surface area contributed by atoms with Gasteiger partial charge in [0.2, 0.25) is 0 Å². The molecule has 0 bridgehead atoms. The molecule has 1 aliphatic rings. The van der Waals surface area contributed by atoms with Crippen LogP contribution in [0.3, 0.4) is 0 Å². The number of imidazole rings is 1. The molecular formula is C20H23N5O2. The Labute approximate surface area is 157 Å². The van der Waals surface area contributed by atoms with Crippen molar-refractivity contribution in [2.45, 2.75) is 19.9 Å². The molecule has 140 valence electrons. The maximum Gasteiger partial charge on any atom is 0.269 e. The van der Waals surface area contributed by atoms with Crippen molar-refractivity contribution in [1.82, 2.24) is 19.6 Å². The van der Waals surface area contributed by atoms with Crippen LogP contribution in [0.1, 0.15) is 17.7 Å². The lowest BCUT2D eigenvalue weighted by Gasteiger charge is -2.20. The Bertz CT molecular complexity index is 956. The summed E-state index contributed by atoms with van der Waals surface area (Å²) in [7, 11) is 0. The van der Waals surface area contributed by atoms with Gasteiger partial charge >= 0.3 is 0 Å². The molecule has 7 heteroatoms. The standard InChI is InChI=1S/C20H23N5O2/c1-15-3-8-19-22-20(16-4-6-17(7-5-16)25(26)27)18(24(19)13-15)14-23-11-2-9-21-10-12-23/h3-8,13,21H,2,9-12,14H2,1H3. The number of aryl methyl sites for hydroxylation is 1. The Kier molecular flexibility index (Phi) is 4.87. The van der Waals surface area contributed by atoms with Crippen molar-refractivity contribution in [2.75, 3.05) is 26.2 Å². The second-order valence-corrected chi connectivity index (χ2v) is 7.03. The van der Waals surface area contributed by atoms with Crippen LogP contribution in [0.25, 0.3) is 16.9 Å². The van der Waals surface area contributed by atoms with Crippen LogP contribution in [-0.2, 0) is 6.54 Å². The van der Waals surface area contributed by atoms with E-state index in [2.05, 4.69) is 33.8 Å². The van der Waals surface area contributed by atoms with E-state index in [-0.39, 0.29) is 10.6 Å². The minimum atomic E-state index is -0.373. The quantitative estimate of drug-likeness (QED) is 0.568. The molecule has 0 spiro atoms. The van der Waals surface area contributed by atoms with Crippen LogP contribution >= 0.6 is 0 Å². The summed E-state index contributed by atoms with van der Waals surface area (Å²) < 4.78 is 2.16. The molecule has 7 nitrogen and oxygen atoms in total. The van der Waals surface area contributed by atoms with Crippen LogP contribution in [0.15, 0.2) is 42.6 Å². The molecule has 0 unspecified atom stereocenters. The highest BCUT2D eigenvalue weighted by Gasteiger charge is 2.19. The number of benzene rings is 1. The van der Waals surface area contributed by atoms with Crippen LogP contribution in [0.5, 0.6) is 0 Å². The lowest BCUT2D eigenvalue weighted by Crippen LogP contribution is -2.28. The summed E-state index contributed by atoms with van der Waals surface area (Å²) in [6, 6.07) is 10.8. The summed E-state index contributed by atoms with van der Waals surface area (Å²) in [5.74, 6) is 0. The van der Waals surface area contributed by atoms with Crippen molar-refractivity contribution >= 4 is 11.3 Å². The van der Waals surface area contributed by atoms with E-state index in [1.165, 1.54) is 5.56 Å². The molecule has 0 saturated carbocycles. The molecule has 4 rings (SSSR count). The molecule has 0 amide bonds. The van der Waals surface area contributed by atoms with Crippen molar-refractivity contribution < 1.29 is 4.92 Å². The lowest BCUT2D eigenvalue weighted by molar-refractivity contribution is -0.384. The van der Waals surface area contributed by atoms with E-state index >= 15 is 0 Å². The van der Waals surface area contributed by atoms with E-state index in [9.17, 15) is 10.1 Å². The minimum Gasteiger partial charge on any atom is -0.315 e. The highest BCUT2D eigenvalue weighted by atomic mass is 16.6. The summed E-state index contributed by atoms with van der Waals surface area (Å²) in [6.07, 6.45) is 3.24. The number of nitrogens with zero attached hydrogens (tertiary/aromatic N) is 4. The first-order chi connectivity index (χ1) is 13.1. The summed E-state index contributed by atoms with van der Waals surface area (Å²) in [4.78, 5) is 17.9. The summed E-state index contributed by atoms with van der Waals surface area (Å²) in [5, 5.41) is 14.4. The fourth-order valence-corrected chi connectivity index (χ4v) is 3.59. The predicted octanol–water partition coefficient (Wildman–Crippen LogP) is 3.01. The number of rotatable bonds is 4. The van der Waals surface area contributed by atoms with Gasteiger partial charge in [-0.2, -0.15) is 0 Å². The van der Waals surface area contributed by atoms with Crippen molar-refractivity contribution in [3.63, 3.8) is 0 Å². The fraction of sp³-hybridized carbons (Fsp3) is 0.350. The van der Waals surface area contributed by atoms with E-state index in [1.807, 2.05) is 6.07 Å². The predicted molar refractivity (Wildman–Crippen MR) is 105 cm³/mol. The van der Waals surface area contributed by atoms with Crippen molar-refractivity contribution in [3.8, 4) is 11.3 Å². The monoisotopic (exact) mass is 365 g/mol. The van der Waals surface area contributed by atoms with E-state index in [4.69, 9.17) is 4.98 Å². The van der Waals surface area contributed by atoms with Crippen LogP contribution < -0.4 is 5.32 Å². The first-order valence-corrected chi connectivity index (χ1v) is 9.27. The van der Waals surface area contributed by atoms with E-state index in [0.717, 1.165) is 61.7 Å². The number of hydrogen-bond donors (Lipinski definition) is 1. The molecule has 0 aliphatic carbocycles. The normalized spacial score (nSPS) is 15.7. The smallest absolute Gasteiger partial charge is 0.269 e. The number of hydrogen-bond acceptors (Lipinski definition) is 5. The van der Waals surface area contributed by atoms with Gasteiger partial charge in [0.05, 0.1) is 16.3 Å². The zero-order chi connectivity index (χ0) is 18.8. The molecule has 3 heterocycles. The van der Waals surface area contributed by atoms with Crippen LogP contribution in [0, 0.1) is 17.0 Å². The van der Waals surface area contributed by atoms with Gasteiger partial charge in [-0.3, -0.25) is 15.0 Å². The van der Waals surface area contributed by atoms with Crippen molar-refractivity contribution in [2.24, 2.45) is 0 Å². The number of pyridine rings is 1. The van der Waals surface area contributed by atoms with Gasteiger partial charge < -0.3 is 9.72 Å². The molecule has 3 aromatic rings. The van der Waals surface area contributed by atoms with Gasteiger partial charge in [0, 0.05) is 43.5 Å². The Balaban J connectivity index is 1.77.